The Labute approximate surface area is 182 Å². The third-order valence-electron chi connectivity index (χ3n) is 4.69. The summed E-state index contributed by atoms with van der Waals surface area (Å²) in [6, 6.07) is 11.8. The average molecular weight is 473 g/mol. The van der Waals surface area contributed by atoms with Gasteiger partial charge in [-0.05, 0) is 52.7 Å². The minimum absolute atomic E-state index is 0.0537. The maximum absolute atomic E-state index is 12.8. The van der Waals surface area contributed by atoms with Crippen molar-refractivity contribution in [3.63, 3.8) is 0 Å². The lowest BCUT2D eigenvalue weighted by Gasteiger charge is -2.18. The predicted molar refractivity (Wildman–Crippen MR) is 115 cm³/mol. The van der Waals surface area contributed by atoms with E-state index in [2.05, 4.69) is 21.0 Å². The van der Waals surface area contributed by atoms with Crippen LogP contribution in [-0.4, -0.2) is 32.6 Å². The van der Waals surface area contributed by atoms with E-state index in [9.17, 15) is 14.9 Å². The fraction of sp³-hybridized carbons (Fsp3) is 0.238. The lowest BCUT2D eigenvalue weighted by Crippen LogP contribution is -2.27. The molecule has 2 aromatic carbocycles. The number of carbonyl (C=O) groups is 1. The van der Waals surface area contributed by atoms with Crippen LogP contribution in [0.25, 0.3) is 0 Å². The standard InChI is InChI=1S/C21H21BrN4O4/c1-14-9-17(7-8-19(14)26(28)29)30-13-15-5-4-6-16(10-15)21(27)24(2)12-20-18(22)11-23-25(20)3/h4-11H,12-13H2,1-3H3. The van der Waals surface area contributed by atoms with Crippen molar-refractivity contribution in [2.45, 2.75) is 20.1 Å². The Hall–Kier alpha value is -3.20. The van der Waals surface area contributed by atoms with Gasteiger partial charge in [-0.25, -0.2) is 0 Å². The summed E-state index contributed by atoms with van der Waals surface area (Å²) in [5, 5.41) is 15.1. The van der Waals surface area contributed by atoms with E-state index in [0.717, 1.165) is 15.7 Å². The molecule has 1 amide bonds. The van der Waals surface area contributed by atoms with Crippen LogP contribution in [0.5, 0.6) is 5.75 Å². The molecule has 9 heteroatoms. The summed E-state index contributed by atoms with van der Waals surface area (Å²) < 4.78 is 8.33. The Balaban J connectivity index is 1.67. The molecular weight excluding hydrogens is 452 g/mol. The molecule has 0 aliphatic rings. The normalized spacial score (nSPS) is 10.7. The van der Waals surface area contributed by atoms with Crippen LogP contribution in [0.15, 0.2) is 53.1 Å². The number of aromatic nitrogens is 2. The zero-order valence-electron chi connectivity index (χ0n) is 16.8. The van der Waals surface area contributed by atoms with Crippen LogP contribution in [0.4, 0.5) is 5.69 Å². The van der Waals surface area contributed by atoms with Crippen molar-refractivity contribution in [1.82, 2.24) is 14.7 Å². The first-order valence-corrected chi connectivity index (χ1v) is 9.94. The number of ether oxygens (including phenoxy) is 1. The van der Waals surface area contributed by atoms with E-state index in [4.69, 9.17) is 4.74 Å². The number of halogens is 1. The number of amides is 1. The van der Waals surface area contributed by atoms with Crippen LogP contribution < -0.4 is 4.74 Å². The molecule has 0 bridgehead atoms. The summed E-state index contributed by atoms with van der Waals surface area (Å²) in [6.07, 6.45) is 1.70. The van der Waals surface area contributed by atoms with E-state index < -0.39 is 4.92 Å². The molecule has 1 heterocycles. The fourth-order valence-electron chi connectivity index (χ4n) is 3.01. The van der Waals surface area contributed by atoms with E-state index in [1.165, 1.54) is 6.07 Å². The van der Waals surface area contributed by atoms with Gasteiger partial charge in [0.05, 0.1) is 27.8 Å². The third-order valence-corrected chi connectivity index (χ3v) is 5.35. The molecule has 3 aromatic rings. The summed E-state index contributed by atoms with van der Waals surface area (Å²) in [4.78, 5) is 25.0. The molecule has 0 radical (unpaired) electrons. The molecule has 0 aliphatic carbocycles. The van der Waals surface area contributed by atoms with Crippen molar-refractivity contribution in [3.05, 3.63) is 85.6 Å². The molecule has 3 rings (SSSR count). The van der Waals surface area contributed by atoms with Gasteiger partial charge in [-0.15, -0.1) is 0 Å². The summed E-state index contributed by atoms with van der Waals surface area (Å²) in [5.41, 5.74) is 2.87. The first kappa shape index (κ1) is 21.5. The summed E-state index contributed by atoms with van der Waals surface area (Å²) in [6.45, 7) is 2.33. The molecule has 156 valence electrons. The number of hydrogen-bond donors (Lipinski definition) is 0. The number of hydrogen-bond acceptors (Lipinski definition) is 5. The van der Waals surface area contributed by atoms with Crippen LogP contribution >= 0.6 is 15.9 Å². The molecule has 0 fully saturated rings. The fourth-order valence-corrected chi connectivity index (χ4v) is 3.49. The highest BCUT2D eigenvalue weighted by molar-refractivity contribution is 9.10. The van der Waals surface area contributed by atoms with Crippen LogP contribution in [0.1, 0.15) is 27.2 Å². The Morgan fingerprint density at radius 1 is 1.30 bits per heavy atom. The van der Waals surface area contributed by atoms with E-state index in [1.807, 2.05) is 13.1 Å². The highest BCUT2D eigenvalue weighted by atomic mass is 79.9. The van der Waals surface area contributed by atoms with Crippen molar-refractivity contribution in [3.8, 4) is 5.75 Å². The van der Waals surface area contributed by atoms with Crippen molar-refractivity contribution < 1.29 is 14.5 Å². The molecule has 0 atom stereocenters. The van der Waals surface area contributed by atoms with Gasteiger partial charge in [-0.1, -0.05) is 12.1 Å². The number of benzene rings is 2. The monoisotopic (exact) mass is 472 g/mol. The van der Waals surface area contributed by atoms with Gasteiger partial charge in [0.2, 0.25) is 0 Å². The van der Waals surface area contributed by atoms with Gasteiger partial charge in [-0.3, -0.25) is 19.6 Å². The van der Waals surface area contributed by atoms with Crippen molar-refractivity contribution in [2.75, 3.05) is 7.05 Å². The SMILES string of the molecule is Cc1cc(OCc2cccc(C(=O)N(C)Cc3c(Br)cnn3C)c2)ccc1[N+](=O)[O-]. The zero-order valence-corrected chi connectivity index (χ0v) is 18.4. The van der Waals surface area contributed by atoms with Gasteiger partial charge < -0.3 is 9.64 Å². The lowest BCUT2D eigenvalue weighted by molar-refractivity contribution is -0.385. The van der Waals surface area contributed by atoms with E-state index >= 15 is 0 Å². The van der Waals surface area contributed by atoms with Gasteiger partial charge in [0.1, 0.15) is 12.4 Å². The second-order valence-electron chi connectivity index (χ2n) is 6.92. The number of carbonyl (C=O) groups excluding carboxylic acids is 1. The Bertz CT molecular complexity index is 1080. The quantitative estimate of drug-likeness (QED) is 0.378. The largest absolute Gasteiger partial charge is 0.489 e. The first-order chi connectivity index (χ1) is 14.3. The third kappa shape index (κ3) is 4.85. The van der Waals surface area contributed by atoms with Gasteiger partial charge >= 0.3 is 0 Å². The van der Waals surface area contributed by atoms with E-state index in [1.54, 1.807) is 60.1 Å². The van der Waals surface area contributed by atoms with Gasteiger partial charge in [-0.2, -0.15) is 5.10 Å². The maximum atomic E-state index is 12.8. The number of rotatable bonds is 7. The second-order valence-corrected chi connectivity index (χ2v) is 7.77. The Morgan fingerprint density at radius 2 is 2.07 bits per heavy atom. The predicted octanol–water partition coefficient (Wildman–Crippen LogP) is 4.25. The highest BCUT2D eigenvalue weighted by Gasteiger charge is 2.16. The molecule has 0 N–H and O–H groups in total. The minimum atomic E-state index is -0.422. The van der Waals surface area contributed by atoms with E-state index in [0.29, 0.717) is 23.4 Å². The van der Waals surface area contributed by atoms with Crippen LogP contribution in [0.3, 0.4) is 0 Å². The lowest BCUT2D eigenvalue weighted by atomic mass is 10.1. The molecule has 0 saturated heterocycles. The highest BCUT2D eigenvalue weighted by Crippen LogP contribution is 2.24. The van der Waals surface area contributed by atoms with Crippen molar-refractivity contribution >= 4 is 27.5 Å². The number of aryl methyl sites for hydroxylation is 2. The molecule has 0 saturated carbocycles. The van der Waals surface area contributed by atoms with Crippen molar-refractivity contribution in [2.24, 2.45) is 7.05 Å². The van der Waals surface area contributed by atoms with Gasteiger partial charge in [0.15, 0.2) is 0 Å². The number of nitro groups is 1. The molecule has 0 aliphatic heterocycles. The van der Waals surface area contributed by atoms with Crippen LogP contribution in [0.2, 0.25) is 0 Å². The van der Waals surface area contributed by atoms with Crippen molar-refractivity contribution in [1.29, 1.82) is 0 Å². The molecule has 1 aromatic heterocycles. The molecular formula is C21H21BrN4O4. The maximum Gasteiger partial charge on any atom is 0.272 e. The molecule has 0 spiro atoms. The second kappa shape index (κ2) is 9.08. The summed E-state index contributed by atoms with van der Waals surface area (Å²) in [5.74, 6) is 0.420. The number of nitrogens with zero attached hydrogens (tertiary/aromatic N) is 4. The summed E-state index contributed by atoms with van der Waals surface area (Å²) in [7, 11) is 3.57. The molecule has 8 nitrogen and oxygen atoms in total. The van der Waals surface area contributed by atoms with Gasteiger partial charge in [0.25, 0.3) is 11.6 Å². The average Bonchev–Trinajstić information content (AvgIpc) is 3.03. The van der Waals surface area contributed by atoms with Crippen LogP contribution in [-0.2, 0) is 20.2 Å². The first-order valence-electron chi connectivity index (χ1n) is 9.15. The zero-order chi connectivity index (χ0) is 21.8. The smallest absolute Gasteiger partial charge is 0.272 e. The van der Waals surface area contributed by atoms with Crippen LogP contribution in [0, 0.1) is 17.0 Å². The topological polar surface area (TPSA) is 90.5 Å². The molecule has 0 unspecified atom stereocenters. The van der Waals surface area contributed by atoms with Gasteiger partial charge in [0, 0.05) is 31.3 Å². The van der Waals surface area contributed by atoms with E-state index in [-0.39, 0.29) is 18.2 Å². The summed E-state index contributed by atoms with van der Waals surface area (Å²) >= 11 is 3.45. The Kier molecular flexibility index (Phi) is 6.51. The number of nitro benzene ring substituents is 1. The Morgan fingerprint density at radius 3 is 2.70 bits per heavy atom. The molecule has 30 heavy (non-hydrogen) atoms. The minimum Gasteiger partial charge on any atom is -0.489 e.